The summed E-state index contributed by atoms with van der Waals surface area (Å²) in [4.78, 5) is 27.0. The van der Waals surface area contributed by atoms with Crippen LogP contribution in [0.15, 0.2) is 72.9 Å². The zero-order valence-electron chi connectivity index (χ0n) is 16.5. The van der Waals surface area contributed by atoms with Crippen molar-refractivity contribution in [2.75, 3.05) is 13.1 Å². The minimum Gasteiger partial charge on any atom is -0.385 e. The summed E-state index contributed by atoms with van der Waals surface area (Å²) in [6.07, 6.45) is 2.77. The standard InChI is InChI=1S/C24H22N4O2/c29-23(28-13-11-24(30,12-14-28)19-9-5-2-6-10-19)20-15-18-16-25-21(27-22(18)26-20)17-7-3-1-4-8-17/h1-10,15-16,30H,11-14H2,(H,25,26,27). The predicted octanol–water partition coefficient (Wildman–Crippen LogP) is 3.75. The third kappa shape index (κ3) is 3.35. The molecule has 0 saturated carbocycles. The average molecular weight is 398 g/mol. The fourth-order valence-electron chi connectivity index (χ4n) is 4.04. The van der Waals surface area contributed by atoms with E-state index in [9.17, 15) is 9.90 Å². The molecule has 30 heavy (non-hydrogen) atoms. The van der Waals surface area contributed by atoms with Crippen LogP contribution in [-0.2, 0) is 5.60 Å². The van der Waals surface area contributed by atoms with E-state index in [1.54, 1.807) is 17.2 Å². The molecule has 0 radical (unpaired) electrons. The SMILES string of the molecule is O=C(c1cc2cnc(-c3ccccc3)nc2[nH]1)N1CCC(O)(c2ccccc2)CC1. The highest BCUT2D eigenvalue weighted by molar-refractivity contribution is 5.97. The van der Waals surface area contributed by atoms with Gasteiger partial charge in [-0.15, -0.1) is 0 Å². The van der Waals surface area contributed by atoms with Crippen molar-refractivity contribution in [2.45, 2.75) is 18.4 Å². The maximum Gasteiger partial charge on any atom is 0.270 e. The Bertz CT molecular complexity index is 1180. The van der Waals surface area contributed by atoms with Crippen molar-refractivity contribution < 1.29 is 9.90 Å². The second kappa shape index (κ2) is 7.39. The molecule has 0 spiro atoms. The van der Waals surface area contributed by atoms with Crippen molar-refractivity contribution in [2.24, 2.45) is 0 Å². The third-order valence-electron chi connectivity index (χ3n) is 5.82. The first-order valence-corrected chi connectivity index (χ1v) is 10.1. The number of fused-ring (bicyclic) bond motifs is 1. The summed E-state index contributed by atoms with van der Waals surface area (Å²) in [6, 6.07) is 21.2. The van der Waals surface area contributed by atoms with Crippen LogP contribution in [0.5, 0.6) is 0 Å². The van der Waals surface area contributed by atoms with Gasteiger partial charge >= 0.3 is 0 Å². The van der Waals surface area contributed by atoms with E-state index in [1.165, 1.54) is 0 Å². The number of amides is 1. The van der Waals surface area contributed by atoms with Gasteiger partial charge in [-0.3, -0.25) is 4.79 Å². The molecule has 6 nitrogen and oxygen atoms in total. The van der Waals surface area contributed by atoms with Gasteiger partial charge in [0.25, 0.3) is 5.91 Å². The van der Waals surface area contributed by atoms with Gasteiger partial charge < -0.3 is 15.0 Å². The average Bonchev–Trinajstić information content (AvgIpc) is 3.24. The molecule has 2 N–H and O–H groups in total. The van der Waals surface area contributed by atoms with Crippen molar-refractivity contribution in [1.82, 2.24) is 19.9 Å². The Morgan fingerprint density at radius 2 is 1.67 bits per heavy atom. The summed E-state index contributed by atoms with van der Waals surface area (Å²) < 4.78 is 0. The second-order valence-electron chi connectivity index (χ2n) is 7.74. The summed E-state index contributed by atoms with van der Waals surface area (Å²) in [5.74, 6) is 0.541. The zero-order valence-corrected chi connectivity index (χ0v) is 16.5. The van der Waals surface area contributed by atoms with E-state index in [0.29, 0.717) is 43.1 Å². The van der Waals surface area contributed by atoms with Gasteiger partial charge in [0.15, 0.2) is 5.82 Å². The lowest BCUT2D eigenvalue weighted by molar-refractivity contribution is -0.0212. The molecular weight excluding hydrogens is 376 g/mol. The van der Waals surface area contributed by atoms with Gasteiger partial charge in [-0.2, -0.15) is 0 Å². The number of H-pyrrole nitrogens is 1. The van der Waals surface area contributed by atoms with Gasteiger partial charge in [0.1, 0.15) is 11.3 Å². The number of carbonyl (C=O) groups excluding carboxylic acids is 1. The lowest BCUT2D eigenvalue weighted by Crippen LogP contribution is -2.45. The second-order valence-corrected chi connectivity index (χ2v) is 7.74. The summed E-state index contributed by atoms with van der Waals surface area (Å²) in [5, 5.41) is 11.8. The predicted molar refractivity (Wildman–Crippen MR) is 115 cm³/mol. The molecule has 5 rings (SSSR count). The normalized spacial score (nSPS) is 16.0. The number of aliphatic hydroxyl groups is 1. The molecule has 1 aliphatic heterocycles. The van der Waals surface area contributed by atoms with Crippen LogP contribution < -0.4 is 0 Å². The fourth-order valence-corrected chi connectivity index (χ4v) is 4.04. The molecule has 4 aromatic rings. The molecule has 2 aromatic heterocycles. The molecule has 0 bridgehead atoms. The van der Waals surface area contributed by atoms with Crippen LogP contribution in [0.4, 0.5) is 0 Å². The fraction of sp³-hybridized carbons (Fsp3) is 0.208. The number of rotatable bonds is 3. The Morgan fingerprint density at radius 1 is 1.00 bits per heavy atom. The number of nitrogens with zero attached hydrogens (tertiary/aromatic N) is 3. The summed E-state index contributed by atoms with van der Waals surface area (Å²) in [7, 11) is 0. The van der Waals surface area contributed by atoms with Crippen molar-refractivity contribution in [3.8, 4) is 11.4 Å². The number of nitrogens with one attached hydrogen (secondary N) is 1. The van der Waals surface area contributed by atoms with Gasteiger partial charge in [-0.05, 0) is 24.5 Å². The van der Waals surface area contributed by atoms with E-state index in [0.717, 1.165) is 16.5 Å². The first-order chi connectivity index (χ1) is 14.6. The Hall–Kier alpha value is -3.51. The summed E-state index contributed by atoms with van der Waals surface area (Å²) in [5.41, 5.74) is 2.10. The van der Waals surface area contributed by atoms with Crippen molar-refractivity contribution in [3.63, 3.8) is 0 Å². The number of hydrogen-bond acceptors (Lipinski definition) is 4. The Balaban J connectivity index is 1.34. The lowest BCUT2D eigenvalue weighted by atomic mass is 9.84. The minimum absolute atomic E-state index is 0.0793. The number of carbonyl (C=O) groups is 1. The molecular formula is C24H22N4O2. The molecule has 0 aliphatic carbocycles. The summed E-state index contributed by atoms with van der Waals surface area (Å²) >= 11 is 0. The van der Waals surface area contributed by atoms with Gasteiger partial charge in [0, 0.05) is 30.2 Å². The van der Waals surface area contributed by atoms with E-state index in [-0.39, 0.29) is 5.91 Å². The number of benzene rings is 2. The first-order valence-electron chi connectivity index (χ1n) is 10.1. The molecule has 2 aromatic carbocycles. The topological polar surface area (TPSA) is 82.1 Å². The van der Waals surface area contributed by atoms with Gasteiger partial charge in [0.05, 0.1) is 5.60 Å². The van der Waals surface area contributed by atoms with Crippen LogP contribution in [0.25, 0.3) is 22.4 Å². The van der Waals surface area contributed by atoms with E-state index in [2.05, 4.69) is 15.0 Å². The van der Waals surface area contributed by atoms with Gasteiger partial charge in [0.2, 0.25) is 0 Å². The maximum absolute atomic E-state index is 13.0. The number of likely N-dealkylation sites (tertiary alicyclic amines) is 1. The van der Waals surface area contributed by atoms with E-state index in [4.69, 9.17) is 0 Å². The molecule has 0 unspecified atom stereocenters. The maximum atomic E-state index is 13.0. The molecule has 1 saturated heterocycles. The van der Waals surface area contributed by atoms with Gasteiger partial charge in [-0.1, -0.05) is 60.7 Å². The van der Waals surface area contributed by atoms with Crippen molar-refractivity contribution in [3.05, 3.63) is 84.2 Å². The van der Waals surface area contributed by atoms with Gasteiger partial charge in [-0.25, -0.2) is 9.97 Å². The molecule has 6 heteroatoms. The van der Waals surface area contributed by atoms with Crippen molar-refractivity contribution >= 4 is 16.9 Å². The molecule has 150 valence electrons. The number of hydrogen-bond donors (Lipinski definition) is 2. The summed E-state index contributed by atoms with van der Waals surface area (Å²) in [6.45, 7) is 1.00. The molecule has 0 atom stereocenters. The minimum atomic E-state index is -0.880. The van der Waals surface area contributed by atoms with Crippen LogP contribution in [0.3, 0.4) is 0 Å². The Labute approximate surface area is 174 Å². The third-order valence-corrected chi connectivity index (χ3v) is 5.82. The largest absolute Gasteiger partial charge is 0.385 e. The highest BCUT2D eigenvalue weighted by atomic mass is 16.3. The van der Waals surface area contributed by atoms with E-state index >= 15 is 0 Å². The van der Waals surface area contributed by atoms with Crippen LogP contribution >= 0.6 is 0 Å². The Morgan fingerprint density at radius 3 is 2.37 bits per heavy atom. The van der Waals surface area contributed by atoms with E-state index < -0.39 is 5.60 Å². The molecule has 3 heterocycles. The number of aromatic nitrogens is 3. The number of aromatic amines is 1. The van der Waals surface area contributed by atoms with Crippen LogP contribution in [0.2, 0.25) is 0 Å². The highest BCUT2D eigenvalue weighted by Crippen LogP contribution is 2.33. The van der Waals surface area contributed by atoms with Crippen LogP contribution in [0, 0.1) is 0 Å². The Kier molecular flexibility index (Phi) is 4.56. The quantitative estimate of drug-likeness (QED) is 0.551. The first kappa shape index (κ1) is 18.5. The monoisotopic (exact) mass is 398 g/mol. The van der Waals surface area contributed by atoms with E-state index in [1.807, 2.05) is 60.7 Å². The van der Waals surface area contributed by atoms with Crippen LogP contribution in [0.1, 0.15) is 28.9 Å². The van der Waals surface area contributed by atoms with Crippen molar-refractivity contribution in [1.29, 1.82) is 0 Å². The highest BCUT2D eigenvalue weighted by Gasteiger charge is 2.35. The zero-order chi connectivity index (χ0) is 20.6. The number of piperidine rings is 1. The molecule has 1 amide bonds. The molecule has 1 aliphatic rings. The van der Waals surface area contributed by atoms with Crippen LogP contribution in [-0.4, -0.2) is 44.0 Å². The smallest absolute Gasteiger partial charge is 0.270 e. The molecule has 1 fully saturated rings. The lowest BCUT2D eigenvalue weighted by Gasteiger charge is -2.38.